The average Bonchev–Trinajstić information content (AvgIpc) is 3.40. The van der Waals surface area contributed by atoms with Crippen LogP contribution in [-0.2, 0) is 14.3 Å². The van der Waals surface area contributed by atoms with E-state index in [1.54, 1.807) is 6.08 Å². The van der Waals surface area contributed by atoms with Crippen LogP contribution in [0.4, 0.5) is 0 Å². The predicted octanol–water partition coefficient (Wildman–Crippen LogP) is 21.4. The third kappa shape index (κ3) is 59.6. The van der Waals surface area contributed by atoms with Crippen molar-refractivity contribution in [2.45, 2.75) is 386 Å². The van der Waals surface area contributed by atoms with Gasteiger partial charge in [0.1, 0.15) is 0 Å². The Hall–Kier alpha value is -1.66. The fourth-order valence-electron chi connectivity index (χ4n) is 10.6. The van der Waals surface area contributed by atoms with Crippen molar-refractivity contribution in [3.8, 4) is 0 Å². The number of allylic oxidation sites excluding steroid dienone is 3. The van der Waals surface area contributed by atoms with Crippen molar-refractivity contribution < 1.29 is 24.5 Å². The summed E-state index contributed by atoms with van der Waals surface area (Å²) in [5, 5.41) is 23.0. The van der Waals surface area contributed by atoms with Crippen LogP contribution in [0.3, 0.4) is 0 Å². The summed E-state index contributed by atoms with van der Waals surface area (Å²) in [5.74, 6) is -0.0478. The maximum atomic E-state index is 12.4. The smallest absolute Gasteiger partial charge is 0.305 e. The van der Waals surface area contributed by atoms with E-state index in [0.717, 1.165) is 44.9 Å². The van der Waals surface area contributed by atoms with Gasteiger partial charge >= 0.3 is 5.97 Å². The molecule has 6 heteroatoms. The van der Waals surface area contributed by atoms with E-state index < -0.39 is 12.1 Å². The highest BCUT2D eigenvalue weighted by molar-refractivity contribution is 5.76. The number of rotatable bonds is 63. The van der Waals surface area contributed by atoms with Gasteiger partial charge in [0, 0.05) is 12.8 Å². The Labute approximate surface area is 462 Å². The summed E-state index contributed by atoms with van der Waals surface area (Å²) in [4.78, 5) is 24.5. The van der Waals surface area contributed by atoms with Crippen LogP contribution in [0.15, 0.2) is 24.3 Å². The van der Waals surface area contributed by atoms with Crippen molar-refractivity contribution in [3.05, 3.63) is 24.3 Å². The summed E-state index contributed by atoms with van der Waals surface area (Å²) < 4.78 is 5.50. The largest absolute Gasteiger partial charge is 0.466 e. The standard InChI is InChI=1S/C68H131NO5/c1-3-5-7-9-11-13-14-15-16-32-36-39-42-46-50-54-58-62-68(73)74-63-59-55-51-47-43-40-37-34-31-29-27-25-23-21-19-17-18-20-22-24-26-28-30-33-35-38-41-45-49-53-57-61-67(72)69-65(64-70)66(71)60-56-52-48-44-12-10-8-6-4-2/h15-16,56,60,65-66,70-71H,3-14,17-55,57-59,61-64H2,1-2H3,(H,69,72)/b16-15-,60-56+. The molecule has 0 aromatic heterocycles. The molecule has 6 nitrogen and oxygen atoms in total. The van der Waals surface area contributed by atoms with Crippen LogP contribution >= 0.6 is 0 Å². The lowest BCUT2D eigenvalue weighted by molar-refractivity contribution is -0.143. The molecule has 0 spiro atoms. The summed E-state index contributed by atoms with van der Waals surface area (Å²) in [6, 6.07) is -0.622. The predicted molar refractivity (Wildman–Crippen MR) is 324 cm³/mol. The number of nitrogens with one attached hydrogen (secondary N) is 1. The molecule has 3 N–H and O–H groups in total. The minimum atomic E-state index is -0.838. The zero-order valence-corrected chi connectivity index (χ0v) is 50.1. The summed E-state index contributed by atoms with van der Waals surface area (Å²) in [5.41, 5.74) is 0. The highest BCUT2D eigenvalue weighted by Gasteiger charge is 2.18. The lowest BCUT2D eigenvalue weighted by atomic mass is 10.0. The second kappa shape index (κ2) is 63.9. The lowest BCUT2D eigenvalue weighted by Crippen LogP contribution is -2.45. The van der Waals surface area contributed by atoms with E-state index in [4.69, 9.17) is 4.74 Å². The Morgan fingerprint density at radius 1 is 0.365 bits per heavy atom. The molecular formula is C68H131NO5. The molecule has 1 amide bonds. The molecule has 0 aliphatic heterocycles. The number of ether oxygens (including phenoxy) is 1. The molecule has 2 unspecified atom stereocenters. The van der Waals surface area contributed by atoms with E-state index >= 15 is 0 Å². The molecule has 0 saturated carbocycles. The number of amides is 1. The third-order valence-electron chi connectivity index (χ3n) is 15.7. The van der Waals surface area contributed by atoms with Gasteiger partial charge in [-0.05, 0) is 57.8 Å². The number of carbonyl (C=O) groups excluding carboxylic acids is 2. The molecular weight excluding hydrogens is 911 g/mol. The minimum Gasteiger partial charge on any atom is -0.466 e. The van der Waals surface area contributed by atoms with E-state index in [1.807, 2.05) is 6.08 Å². The zero-order chi connectivity index (χ0) is 53.6. The molecule has 0 fully saturated rings. The number of aliphatic hydroxyl groups is 2. The molecule has 0 aliphatic carbocycles. The fourth-order valence-corrected chi connectivity index (χ4v) is 10.6. The highest BCUT2D eigenvalue weighted by Crippen LogP contribution is 2.18. The van der Waals surface area contributed by atoms with Gasteiger partial charge in [-0.1, -0.05) is 327 Å². The Morgan fingerprint density at radius 2 is 0.635 bits per heavy atom. The van der Waals surface area contributed by atoms with Crippen LogP contribution in [0.25, 0.3) is 0 Å². The number of unbranched alkanes of at least 4 members (excludes halogenated alkanes) is 50. The maximum absolute atomic E-state index is 12.4. The van der Waals surface area contributed by atoms with Gasteiger partial charge in [0.2, 0.25) is 5.91 Å². The molecule has 0 aromatic carbocycles. The van der Waals surface area contributed by atoms with Gasteiger partial charge < -0.3 is 20.3 Å². The zero-order valence-electron chi connectivity index (χ0n) is 50.1. The van der Waals surface area contributed by atoms with Crippen molar-refractivity contribution in [1.29, 1.82) is 0 Å². The summed E-state index contributed by atoms with van der Waals surface area (Å²) >= 11 is 0. The number of carbonyl (C=O) groups is 2. The van der Waals surface area contributed by atoms with Gasteiger partial charge in [-0.15, -0.1) is 0 Å². The first-order valence-electron chi connectivity index (χ1n) is 33.6. The average molecular weight is 1040 g/mol. The molecule has 2 atom stereocenters. The molecule has 0 saturated heterocycles. The van der Waals surface area contributed by atoms with E-state index in [2.05, 4.69) is 31.3 Å². The molecule has 0 rings (SSSR count). The van der Waals surface area contributed by atoms with Gasteiger partial charge in [0.05, 0.1) is 25.4 Å². The quantitative estimate of drug-likeness (QED) is 0.0320. The topological polar surface area (TPSA) is 95.9 Å². The first-order chi connectivity index (χ1) is 36.5. The molecule has 0 aromatic rings. The summed E-state index contributed by atoms with van der Waals surface area (Å²) in [7, 11) is 0. The van der Waals surface area contributed by atoms with E-state index in [0.29, 0.717) is 19.4 Å². The van der Waals surface area contributed by atoms with E-state index in [9.17, 15) is 19.8 Å². The number of hydrogen-bond donors (Lipinski definition) is 3. The highest BCUT2D eigenvalue weighted by atomic mass is 16.5. The van der Waals surface area contributed by atoms with Gasteiger partial charge in [-0.25, -0.2) is 0 Å². The van der Waals surface area contributed by atoms with Gasteiger partial charge in [0.15, 0.2) is 0 Å². The lowest BCUT2D eigenvalue weighted by Gasteiger charge is -2.20. The summed E-state index contributed by atoms with van der Waals surface area (Å²) in [6.07, 6.45) is 79.8. The molecule has 0 heterocycles. The number of aliphatic hydroxyl groups excluding tert-OH is 2. The van der Waals surface area contributed by atoms with Gasteiger partial charge in [0.25, 0.3) is 0 Å². The minimum absolute atomic E-state index is 0.0174. The van der Waals surface area contributed by atoms with Crippen molar-refractivity contribution in [2.75, 3.05) is 13.2 Å². The van der Waals surface area contributed by atoms with Crippen LogP contribution in [0.2, 0.25) is 0 Å². The van der Waals surface area contributed by atoms with Gasteiger partial charge in [-0.3, -0.25) is 9.59 Å². The van der Waals surface area contributed by atoms with Crippen LogP contribution in [0, 0.1) is 0 Å². The van der Waals surface area contributed by atoms with Crippen molar-refractivity contribution in [1.82, 2.24) is 5.32 Å². The van der Waals surface area contributed by atoms with Crippen LogP contribution in [-0.4, -0.2) is 47.4 Å². The number of hydrogen-bond acceptors (Lipinski definition) is 5. The van der Waals surface area contributed by atoms with Crippen LogP contribution in [0.1, 0.15) is 373 Å². The second-order valence-corrected chi connectivity index (χ2v) is 23.2. The first-order valence-corrected chi connectivity index (χ1v) is 33.6. The SMILES string of the molecule is CCCCCCCC/C=C\CCCCCCCCCC(=O)OCCCCCCCCCCCCCCCCCCCCCCCCCCCCCCCCCC(=O)NC(CO)C(O)/C=C/CCCCCCCCC. The number of esters is 1. The molecule has 0 radical (unpaired) electrons. The Morgan fingerprint density at radius 3 is 0.959 bits per heavy atom. The van der Waals surface area contributed by atoms with E-state index in [1.165, 1.54) is 302 Å². The Bertz CT molecular complexity index is 1150. The Kier molecular flexibility index (Phi) is 62.4. The van der Waals surface area contributed by atoms with Crippen LogP contribution < -0.4 is 5.32 Å². The third-order valence-corrected chi connectivity index (χ3v) is 15.7. The van der Waals surface area contributed by atoms with Crippen molar-refractivity contribution in [2.24, 2.45) is 0 Å². The van der Waals surface area contributed by atoms with Crippen molar-refractivity contribution >= 4 is 11.9 Å². The Balaban J connectivity index is 3.29. The summed E-state index contributed by atoms with van der Waals surface area (Å²) in [6.45, 7) is 4.90. The normalized spacial score (nSPS) is 12.6. The first kappa shape index (κ1) is 72.3. The maximum Gasteiger partial charge on any atom is 0.305 e. The molecule has 438 valence electrons. The second-order valence-electron chi connectivity index (χ2n) is 23.2. The van der Waals surface area contributed by atoms with Crippen LogP contribution in [0.5, 0.6) is 0 Å². The van der Waals surface area contributed by atoms with E-state index in [-0.39, 0.29) is 18.5 Å². The monoisotopic (exact) mass is 1040 g/mol. The van der Waals surface area contributed by atoms with Crippen molar-refractivity contribution in [3.63, 3.8) is 0 Å². The molecule has 0 aliphatic rings. The molecule has 74 heavy (non-hydrogen) atoms. The fraction of sp³-hybridized carbons (Fsp3) is 0.912. The molecule has 0 bridgehead atoms. The van der Waals surface area contributed by atoms with Gasteiger partial charge in [-0.2, -0.15) is 0 Å².